The monoisotopic (exact) mass is 374 g/mol. The largest absolute Gasteiger partial charge is 0.466 e. The average Bonchev–Trinajstić information content (AvgIpc) is 2.68. The van der Waals surface area contributed by atoms with Crippen molar-refractivity contribution in [3.8, 4) is 0 Å². The summed E-state index contributed by atoms with van der Waals surface area (Å²) in [4.78, 5) is 21.2. The first kappa shape index (κ1) is 21.1. The highest BCUT2D eigenvalue weighted by atomic mass is 16.5. The lowest BCUT2D eigenvalue weighted by atomic mass is 9.98. The second-order valence-electron chi connectivity index (χ2n) is 7.08. The lowest BCUT2D eigenvalue weighted by molar-refractivity contribution is -0.149. The number of esters is 1. The molecule has 1 heterocycles. The first-order chi connectivity index (χ1) is 13.0. The molecular weight excluding hydrogens is 340 g/mol. The molecule has 0 aromatic heterocycles. The Balaban J connectivity index is 1.95. The van der Waals surface area contributed by atoms with Crippen LogP contribution in [0.2, 0.25) is 0 Å². The van der Waals surface area contributed by atoms with Crippen molar-refractivity contribution in [3.63, 3.8) is 0 Å². The van der Waals surface area contributed by atoms with Crippen molar-refractivity contribution >= 4 is 17.6 Å². The van der Waals surface area contributed by atoms with Crippen LogP contribution in [-0.4, -0.2) is 63.7 Å². The summed E-state index contributed by atoms with van der Waals surface area (Å²) in [5.74, 6) is 0.761. The van der Waals surface area contributed by atoms with Crippen molar-refractivity contribution in [1.82, 2.24) is 10.2 Å². The molecule has 1 fully saturated rings. The zero-order chi connectivity index (χ0) is 19.6. The van der Waals surface area contributed by atoms with Crippen LogP contribution < -0.4 is 10.2 Å². The number of anilines is 1. The summed E-state index contributed by atoms with van der Waals surface area (Å²) in [5.41, 5.74) is 2.48. The van der Waals surface area contributed by atoms with Gasteiger partial charge in [0.2, 0.25) is 0 Å². The number of rotatable bonds is 7. The fourth-order valence-electron chi connectivity index (χ4n) is 3.30. The van der Waals surface area contributed by atoms with Gasteiger partial charge in [-0.1, -0.05) is 12.1 Å². The third-order valence-electron chi connectivity index (χ3n) is 4.79. The van der Waals surface area contributed by atoms with Gasteiger partial charge in [-0.05, 0) is 50.8 Å². The molecular formula is C21H34N4O2. The number of benzene rings is 1. The third kappa shape index (κ3) is 6.45. The lowest BCUT2D eigenvalue weighted by Crippen LogP contribution is -2.48. The maximum Gasteiger partial charge on any atom is 0.310 e. The zero-order valence-electron chi connectivity index (χ0n) is 17.2. The van der Waals surface area contributed by atoms with Gasteiger partial charge in [0.25, 0.3) is 0 Å². The summed E-state index contributed by atoms with van der Waals surface area (Å²) in [6.07, 6.45) is 2.78. The Hall–Kier alpha value is -2.24. The second kappa shape index (κ2) is 10.8. The molecule has 0 unspecified atom stereocenters. The van der Waals surface area contributed by atoms with E-state index in [9.17, 15) is 4.79 Å². The minimum atomic E-state index is -0.0842. The van der Waals surface area contributed by atoms with Crippen molar-refractivity contribution in [2.24, 2.45) is 10.9 Å². The quantitative estimate of drug-likeness (QED) is 0.452. The van der Waals surface area contributed by atoms with Crippen molar-refractivity contribution in [2.45, 2.75) is 33.1 Å². The first-order valence-corrected chi connectivity index (χ1v) is 10.0. The Morgan fingerprint density at radius 1 is 1.30 bits per heavy atom. The predicted octanol–water partition coefficient (Wildman–Crippen LogP) is 2.54. The van der Waals surface area contributed by atoms with Crippen LogP contribution in [0.15, 0.2) is 29.3 Å². The molecule has 2 rings (SSSR count). The van der Waals surface area contributed by atoms with Crippen LogP contribution in [-0.2, 0) is 16.0 Å². The van der Waals surface area contributed by atoms with Crippen LogP contribution in [0.1, 0.15) is 32.3 Å². The highest BCUT2D eigenvalue weighted by Gasteiger charge is 2.28. The predicted molar refractivity (Wildman–Crippen MR) is 111 cm³/mol. The van der Waals surface area contributed by atoms with Crippen molar-refractivity contribution in [1.29, 1.82) is 0 Å². The maximum absolute atomic E-state index is 12.1. The molecule has 1 aliphatic rings. The molecule has 0 amide bonds. The molecule has 0 spiro atoms. The molecule has 0 aliphatic carbocycles. The van der Waals surface area contributed by atoms with Gasteiger partial charge in [0, 0.05) is 46.0 Å². The van der Waals surface area contributed by atoms with E-state index in [1.807, 2.05) is 21.0 Å². The molecule has 0 bridgehead atoms. The van der Waals surface area contributed by atoms with E-state index in [1.165, 1.54) is 11.3 Å². The summed E-state index contributed by atoms with van der Waals surface area (Å²) in [6, 6.07) is 8.60. The van der Waals surface area contributed by atoms with Gasteiger partial charge in [0.05, 0.1) is 12.5 Å². The van der Waals surface area contributed by atoms with Crippen molar-refractivity contribution in [2.75, 3.05) is 51.8 Å². The number of ether oxygens (including phenoxy) is 1. The van der Waals surface area contributed by atoms with E-state index in [4.69, 9.17) is 9.73 Å². The Bertz CT molecular complexity index is 613. The molecule has 0 radical (unpaired) electrons. The number of aliphatic imine (C=N–C) groups is 1. The van der Waals surface area contributed by atoms with E-state index in [0.717, 1.165) is 44.9 Å². The summed E-state index contributed by atoms with van der Waals surface area (Å²) >= 11 is 0. The van der Waals surface area contributed by atoms with Gasteiger partial charge in [0.1, 0.15) is 0 Å². The van der Waals surface area contributed by atoms with Gasteiger partial charge in [-0.25, -0.2) is 0 Å². The van der Waals surface area contributed by atoms with Gasteiger partial charge >= 0.3 is 5.97 Å². The average molecular weight is 375 g/mol. The molecule has 150 valence electrons. The van der Waals surface area contributed by atoms with Crippen LogP contribution >= 0.6 is 0 Å². The fraction of sp³-hybridized carbons (Fsp3) is 0.619. The SMILES string of the molecule is CCNC(=NCCc1ccc(N(C)C)cc1)N1CCC[C@H](C(=O)OCC)C1. The number of piperidine rings is 1. The number of carbonyl (C=O) groups is 1. The smallest absolute Gasteiger partial charge is 0.310 e. The fourth-order valence-corrected chi connectivity index (χ4v) is 3.30. The van der Waals surface area contributed by atoms with Crippen LogP contribution in [0, 0.1) is 5.92 Å². The molecule has 6 heteroatoms. The molecule has 1 N–H and O–H groups in total. The summed E-state index contributed by atoms with van der Waals surface area (Å²) in [5, 5.41) is 3.37. The highest BCUT2D eigenvalue weighted by Crippen LogP contribution is 2.18. The Morgan fingerprint density at radius 2 is 2.04 bits per heavy atom. The van der Waals surface area contributed by atoms with Crippen LogP contribution in [0.3, 0.4) is 0 Å². The van der Waals surface area contributed by atoms with E-state index >= 15 is 0 Å². The standard InChI is InChI=1S/C21H34N4O2/c1-5-22-21(25-15-7-8-18(16-25)20(26)27-6-2)23-14-13-17-9-11-19(12-10-17)24(3)4/h9-12,18H,5-8,13-16H2,1-4H3,(H,22,23)/t18-/m0/s1. The third-order valence-corrected chi connectivity index (χ3v) is 4.79. The number of nitrogens with zero attached hydrogens (tertiary/aromatic N) is 3. The Morgan fingerprint density at radius 3 is 2.67 bits per heavy atom. The van der Waals surface area contributed by atoms with E-state index in [1.54, 1.807) is 0 Å². The molecule has 0 saturated carbocycles. The van der Waals surface area contributed by atoms with E-state index in [2.05, 4.69) is 46.3 Å². The zero-order valence-corrected chi connectivity index (χ0v) is 17.2. The summed E-state index contributed by atoms with van der Waals surface area (Å²) < 4.78 is 5.21. The number of guanidine groups is 1. The molecule has 1 aromatic carbocycles. The second-order valence-corrected chi connectivity index (χ2v) is 7.08. The molecule has 1 aromatic rings. The molecule has 6 nitrogen and oxygen atoms in total. The molecule has 1 saturated heterocycles. The van der Waals surface area contributed by atoms with Gasteiger partial charge in [-0.15, -0.1) is 0 Å². The van der Waals surface area contributed by atoms with E-state index in [-0.39, 0.29) is 11.9 Å². The van der Waals surface area contributed by atoms with Crippen molar-refractivity contribution < 1.29 is 9.53 Å². The number of likely N-dealkylation sites (tertiary alicyclic amines) is 1. The van der Waals surface area contributed by atoms with E-state index < -0.39 is 0 Å². The Labute approximate surface area is 163 Å². The van der Waals surface area contributed by atoms with Gasteiger partial charge in [-0.3, -0.25) is 9.79 Å². The van der Waals surface area contributed by atoms with Crippen LogP contribution in [0.5, 0.6) is 0 Å². The number of nitrogens with one attached hydrogen (secondary N) is 1. The molecule has 1 atom stereocenters. The minimum absolute atomic E-state index is 0.0545. The lowest BCUT2D eigenvalue weighted by Gasteiger charge is -2.34. The first-order valence-electron chi connectivity index (χ1n) is 10.0. The van der Waals surface area contributed by atoms with Gasteiger partial charge < -0.3 is 19.9 Å². The molecule has 1 aliphatic heterocycles. The summed E-state index contributed by atoms with van der Waals surface area (Å²) in [7, 11) is 4.09. The minimum Gasteiger partial charge on any atom is -0.466 e. The van der Waals surface area contributed by atoms with Gasteiger partial charge in [0.15, 0.2) is 5.96 Å². The van der Waals surface area contributed by atoms with Crippen LogP contribution in [0.25, 0.3) is 0 Å². The van der Waals surface area contributed by atoms with Gasteiger partial charge in [-0.2, -0.15) is 0 Å². The topological polar surface area (TPSA) is 57.2 Å². The normalized spacial score (nSPS) is 17.6. The number of hydrogen-bond donors (Lipinski definition) is 1. The highest BCUT2D eigenvalue weighted by molar-refractivity contribution is 5.81. The van der Waals surface area contributed by atoms with E-state index in [0.29, 0.717) is 13.2 Å². The Kier molecular flexibility index (Phi) is 8.43. The van der Waals surface area contributed by atoms with Crippen LogP contribution in [0.4, 0.5) is 5.69 Å². The number of hydrogen-bond acceptors (Lipinski definition) is 4. The van der Waals surface area contributed by atoms with Crippen molar-refractivity contribution in [3.05, 3.63) is 29.8 Å². The number of carbonyl (C=O) groups excluding carboxylic acids is 1. The summed E-state index contributed by atoms with van der Waals surface area (Å²) in [6.45, 7) is 7.52. The molecule has 27 heavy (non-hydrogen) atoms. The maximum atomic E-state index is 12.1.